The molecule has 1 aromatic rings. The van der Waals surface area contributed by atoms with Gasteiger partial charge in [-0.3, -0.25) is 4.79 Å². The summed E-state index contributed by atoms with van der Waals surface area (Å²) in [6.45, 7) is 3.23. The summed E-state index contributed by atoms with van der Waals surface area (Å²) in [6.07, 6.45) is 2.43. The molecule has 5 heteroatoms. The van der Waals surface area contributed by atoms with Gasteiger partial charge in [-0.05, 0) is 19.8 Å². The highest BCUT2D eigenvalue weighted by atomic mass is 32.1. The third-order valence-corrected chi connectivity index (χ3v) is 3.60. The maximum absolute atomic E-state index is 10.5. The molecule has 1 saturated heterocycles. The Morgan fingerprint density at radius 3 is 3.20 bits per heavy atom. The molecule has 0 aliphatic carbocycles. The van der Waals surface area contributed by atoms with Crippen LogP contribution >= 0.6 is 11.3 Å². The highest BCUT2D eigenvalue weighted by Crippen LogP contribution is 2.28. The average molecular weight is 226 g/mol. The first-order chi connectivity index (χ1) is 7.16. The number of thiazole rings is 1. The van der Waals surface area contributed by atoms with Crippen molar-refractivity contribution >= 4 is 22.4 Å². The maximum atomic E-state index is 10.5. The molecule has 82 valence electrons. The molecule has 1 unspecified atom stereocenters. The lowest BCUT2D eigenvalue weighted by Gasteiger charge is -2.19. The van der Waals surface area contributed by atoms with Crippen LogP contribution in [-0.4, -0.2) is 28.6 Å². The van der Waals surface area contributed by atoms with Crippen LogP contribution in [-0.2, 0) is 11.2 Å². The van der Waals surface area contributed by atoms with Crippen LogP contribution in [0.5, 0.6) is 0 Å². The molecule has 0 saturated carbocycles. The van der Waals surface area contributed by atoms with E-state index in [-0.39, 0.29) is 6.42 Å². The SMILES string of the molecule is CC1CCCN1c1nc(CC(=O)O)cs1. The zero-order valence-corrected chi connectivity index (χ0v) is 9.46. The summed E-state index contributed by atoms with van der Waals surface area (Å²) in [4.78, 5) is 17.1. The number of anilines is 1. The predicted molar refractivity (Wildman–Crippen MR) is 59.5 cm³/mol. The van der Waals surface area contributed by atoms with Crippen LogP contribution in [0.4, 0.5) is 5.13 Å². The number of nitrogens with zero attached hydrogens (tertiary/aromatic N) is 2. The highest BCUT2D eigenvalue weighted by Gasteiger charge is 2.23. The molecular formula is C10H14N2O2S. The van der Waals surface area contributed by atoms with Gasteiger partial charge in [0.1, 0.15) is 0 Å². The van der Waals surface area contributed by atoms with Gasteiger partial charge < -0.3 is 10.0 Å². The van der Waals surface area contributed by atoms with Crippen LogP contribution in [0.1, 0.15) is 25.5 Å². The van der Waals surface area contributed by atoms with E-state index in [0.29, 0.717) is 11.7 Å². The second-order valence-electron chi connectivity index (χ2n) is 3.88. The van der Waals surface area contributed by atoms with E-state index in [1.807, 2.05) is 5.38 Å². The molecule has 0 radical (unpaired) electrons. The molecule has 1 N–H and O–H groups in total. The topological polar surface area (TPSA) is 53.4 Å². The fourth-order valence-electron chi connectivity index (χ4n) is 1.88. The molecule has 1 aliphatic rings. The molecule has 1 fully saturated rings. The third kappa shape index (κ3) is 2.28. The van der Waals surface area contributed by atoms with Gasteiger partial charge in [-0.25, -0.2) is 4.98 Å². The van der Waals surface area contributed by atoms with Crippen LogP contribution in [0.3, 0.4) is 0 Å². The van der Waals surface area contributed by atoms with Gasteiger partial charge in [0.2, 0.25) is 0 Å². The van der Waals surface area contributed by atoms with E-state index in [1.165, 1.54) is 12.8 Å². The molecule has 4 nitrogen and oxygen atoms in total. The Kier molecular flexibility index (Phi) is 2.90. The summed E-state index contributed by atoms with van der Waals surface area (Å²) in [7, 11) is 0. The predicted octanol–water partition coefficient (Wildman–Crippen LogP) is 1.76. The molecule has 1 aromatic heterocycles. The van der Waals surface area contributed by atoms with E-state index in [2.05, 4.69) is 16.8 Å². The van der Waals surface area contributed by atoms with Crippen LogP contribution in [0.2, 0.25) is 0 Å². The molecule has 1 aliphatic heterocycles. The summed E-state index contributed by atoms with van der Waals surface area (Å²) in [5.41, 5.74) is 0.668. The first-order valence-corrected chi connectivity index (χ1v) is 5.97. The summed E-state index contributed by atoms with van der Waals surface area (Å²) in [5, 5.41) is 11.5. The minimum absolute atomic E-state index is 0.0265. The number of aliphatic carboxylic acids is 1. The van der Waals surface area contributed by atoms with E-state index >= 15 is 0 Å². The third-order valence-electron chi connectivity index (χ3n) is 2.67. The lowest BCUT2D eigenvalue weighted by Crippen LogP contribution is -2.26. The Morgan fingerprint density at radius 2 is 2.60 bits per heavy atom. The number of carbonyl (C=O) groups is 1. The van der Waals surface area contributed by atoms with Crippen molar-refractivity contribution in [3.05, 3.63) is 11.1 Å². The van der Waals surface area contributed by atoms with E-state index in [1.54, 1.807) is 11.3 Å². The summed E-state index contributed by atoms with van der Waals surface area (Å²) < 4.78 is 0. The van der Waals surface area contributed by atoms with Crippen molar-refractivity contribution in [1.82, 2.24) is 4.98 Å². The van der Waals surface area contributed by atoms with Crippen molar-refractivity contribution in [1.29, 1.82) is 0 Å². The first-order valence-electron chi connectivity index (χ1n) is 5.09. The molecule has 2 heterocycles. The van der Waals surface area contributed by atoms with Crippen LogP contribution in [0.25, 0.3) is 0 Å². The smallest absolute Gasteiger partial charge is 0.309 e. The quantitative estimate of drug-likeness (QED) is 0.853. The van der Waals surface area contributed by atoms with Crippen molar-refractivity contribution < 1.29 is 9.90 Å². The minimum Gasteiger partial charge on any atom is -0.481 e. The average Bonchev–Trinajstić information content (AvgIpc) is 2.72. The van der Waals surface area contributed by atoms with Gasteiger partial charge in [0.25, 0.3) is 0 Å². The van der Waals surface area contributed by atoms with Crippen LogP contribution in [0.15, 0.2) is 5.38 Å². The van der Waals surface area contributed by atoms with Gasteiger partial charge >= 0.3 is 5.97 Å². The highest BCUT2D eigenvalue weighted by molar-refractivity contribution is 7.13. The van der Waals surface area contributed by atoms with Crippen molar-refractivity contribution in [2.45, 2.75) is 32.2 Å². The summed E-state index contributed by atoms with van der Waals surface area (Å²) in [5.74, 6) is -0.818. The molecule has 1 atom stereocenters. The standard InChI is InChI=1S/C10H14N2O2S/c1-7-3-2-4-12(7)10-11-8(6-15-10)5-9(13)14/h6-7H,2-5H2,1H3,(H,13,14). The molecule has 15 heavy (non-hydrogen) atoms. The van der Waals surface area contributed by atoms with Crippen molar-refractivity contribution in [3.63, 3.8) is 0 Å². The lowest BCUT2D eigenvalue weighted by atomic mass is 10.2. The van der Waals surface area contributed by atoms with E-state index < -0.39 is 5.97 Å². The second-order valence-corrected chi connectivity index (χ2v) is 4.71. The number of rotatable bonds is 3. The number of carboxylic acid groups (broad SMARTS) is 1. The molecule has 0 amide bonds. The normalized spacial score (nSPS) is 20.9. The summed E-state index contributed by atoms with van der Waals surface area (Å²) in [6, 6.07) is 0.536. The summed E-state index contributed by atoms with van der Waals surface area (Å²) >= 11 is 1.54. The number of hydrogen-bond donors (Lipinski definition) is 1. The second kappa shape index (κ2) is 4.18. The molecule has 0 bridgehead atoms. The lowest BCUT2D eigenvalue weighted by molar-refractivity contribution is -0.136. The van der Waals surface area contributed by atoms with Crippen LogP contribution < -0.4 is 4.90 Å². The van der Waals surface area contributed by atoms with Gasteiger partial charge in [0.15, 0.2) is 5.13 Å². The van der Waals surface area contributed by atoms with Gasteiger partial charge in [0.05, 0.1) is 12.1 Å². The Hall–Kier alpha value is -1.10. The van der Waals surface area contributed by atoms with Crippen molar-refractivity contribution in [3.8, 4) is 0 Å². The van der Waals surface area contributed by atoms with Crippen molar-refractivity contribution in [2.75, 3.05) is 11.4 Å². The van der Waals surface area contributed by atoms with Gasteiger partial charge in [-0.1, -0.05) is 0 Å². The number of aromatic nitrogens is 1. The number of carboxylic acids is 1. The first kappa shape index (κ1) is 10.4. The molecule has 2 rings (SSSR count). The van der Waals surface area contributed by atoms with E-state index in [0.717, 1.165) is 11.7 Å². The maximum Gasteiger partial charge on any atom is 0.309 e. The number of hydrogen-bond acceptors (Lipinski definition) is 4. The zero-order valence-electron chi connectivity index (χ0n) is 8.64. The van der Waals surface area contributed by atoms with Gasteiger partial charge in [0, 0.05) is 18.0 Å². The zero-order chi connectivity index (χ0) is 10.8. The Balaban J connectivity index is 2.09. The van der Waals surface area contributed by atoms with E-state index in [9.17, 15) is 4.79 Å². The van der Waals surface area contributed by atoms with Gasteiger partial charge in [-0.2, -0.15) is 0 Å². The van der Waals surface area contributed by atoms with E-state index in [4.69, 9.17) is 5.11 Å². The molecule has 0 aromatic carbocycles. The minimum atomic E-state index is -0.818. The largest absolute Gasteiger partial charge is 0.481 e. The monoisotopic (exact) mass is 226 g/mol. The fraction of sp³-hybridized carbons (Fsp3) is 0.600. The van der Waals surface area contributed by atoms with Crippen molar-refractivity contribution in [2.24, 2.45) is 0 Å². The molecular weight excluding hydrogens is 212 g/mol. The van der Waals surface area contributed by atoms with Crippen LogP contribution in [0, 0.1) is 0 Å². The van der Waals surface area contributed by atoms with Gasteiger partial charge in [-0.15, -0.1) is 11.3 Å². The Labute approximate surface area is 92.6 Å². The Morgan fingerprint density at radius 1 is 1.80 bits per heavy atom. The molecule has 0 spiro atoms. The Bertz CT molecular complexity index is 364. The fourth-order valence-corrected chi connectivity index (χ4v) is 2.84.